The van der Waals surface area contributed by atoms with E-state index in [4.69, 9.17) is 14.9 Å². The van der Waals surface area contributed by atoms with E-state index >= 15 is 0 Å². The molecular weight excluding hydrogens is 222 g/mol. The van der Waals surface area contributed by atoms with E-state index in [9.17, 15) is 9.59 Å². The molecule has 3 N–H and O–H groups in total. The van der Waals surface area contributed by atoms with Crippen LogP contribution in [0.4, 0.5) is 0 Å². The van der Waals surface area contributed by atoms with Gasteiger partial charge in [0, 0.05) is 11.5 Å². The highest BCUT2D eigenvalue weighted by atomic mass is 32.2. The summed E-state index contributed by atoms with van der Waals surface area (Å²) in [5.41, 5.74) is 0. The molecule has 0 aliphatic heterocycles. The molecule has 15 heavy (non-hydrogen) atoms. The second kappa shape index (κ2) is 9.75. The second-order valence-electron chi connectivity index (χ2n) is 2.59. The monoisotopic (exact) mass is 237 g/mol. The average molecular weight is 237 g/mol. The summed E-state index contributed by atoms with van der Waals surface area (Å²) in [6, 6.07) is -0.856. The third kappa shape index (κ3) is 8.22. The Morgan fingerprint density at radius 2 is 2.27 bits per heavy atom. The van der Waals surface area contributed by atoms with Gasteiger partial charge in [-0.15, -0.1) is 0 Å². The summed E-state index contributed by atoms with van der Waals surface area (Å²) in [4.78, 5) is 20.6. The topological polar surface area (TPSA) is 95.9 Å². The first kappa shape index (κ1) is 14.2. The maximum Gasteiger partial charge on any atom is 0.327 e. The van der Waals surface area contributed by atoms with Crippen molar-refractivity contribution in [3.63, 3.8) is 0 Å². The molecule has 1 unspecified atom stereocenters. The fraction of sp³-hybridized carbons (Fsp3) is 0.750. The molecule has 0 bridgehead atoms. The van der Waals surface area contributed by atoms with Gasteiger partial charge in [0.1, 0.15) is 6.04 Å². The molecule has 0 saturated heterocycles. The highest BCUT2D eigenvalue weighted by molar-refractivity contribution is 7.99. The number of ether oxygens (including phenoxy) is 1. The zero-order valence-corrected chi connectivity index (χ0v) is 9.03. The molecule has 0 fully saturated rings. The van der Waals surface area contributed by atoms with Crippen molar-refractivity contribution in [2.24, 2.45) is 0 Å². The molecular formula is C8H15NO5S. The Kier molecular flexibility index (Phi) is 9.24. The fourth-order valence-corrected chi connectivity index (χ4v) is 1.64. The standard InChI is InChI=1S/C8H15NO5S/c10-1-2-14-3-4-15-5-7(8(12)13)9-6-11/h6-7,10H,1-5H2,(H,9,11)(H,12,13). The number of thioether (sulfide) groups is 1. The lowest BCUT2D eigenvalue weighted by molar-refractivity contribution is -0.139. The molecule has 0 aromatic heterocycles. The largest absolute Gasteiger partial charge is 0.480 e. The molecule has 1 atom stereocenters. The van der Waals surface area contributed by atoms with Gasteiger partial charge in [0.15, 0.2) is 0 Å². The van der Waals surface area contributed by atoms with Crippen LogP contribution in [-0.4, -0.2) is 60.0 Å². The molecule has 0 rings (SSSR count). The van der Waals surface area contributed by atoms with Crippen LogP contribution in [0.15, 0.2) is 0 Å². The number of carbonyl (C=O) groups is 2. The van der Waals surface area contributed by atoms with Gasteiger partial charge in [-0.3, -0.25) is 4.79 Å². The molecule has 0 aromatic rings. The van der Waals surface area contributed by atoms with Gasteiger partial charge in [-0.2, -0.15) is 11.8 Å². The van der Waals surface area contributed by atoms with Crippen LogP contribution in [0.1, 0.15) is 0 Å². The highest BCUT2D eigenvalue weighted by Gasteiger charge is 2.15. The fourth-order valence-electron chi connectivity index (χ4n) is 0.758. The zero-order chi connectivity index (χ0) is 11.5. The zero-order valence-electron chi connectivity index (χ0n) is 8.22. The summed E-state index contributed by atoms with van der Waals surface area (Å²) >= 11 is 1.37. The molecule has 88 valence electrons. The molecule has 0 radical (unpaired) electrons. The number of aliphatic hydroxyl groups is 1. The van der Waals surface area contributed by atoms with E-state index < -0.39 is 12.0 Å². The third-order valence-corrected chi connectivity index (χ3v) is 2.48. The smallest absolute Gasteiger partial charge is 0.327 e. The van der Waals surface area contributed by atoms with Crippen LogP contribution < -0.4 is 5.32 Å². The lowest BCUT2D eigenvalue weighted by atomic mass is 10.3. The van der Waals surface area contributed by atoms with E-state index in [1.165, 1.54) is 11.8 Å². The van der Waals surface area contributed by atoms with Gasteiger partial charge in [-0.25, -0.2) is 4.79 Å². The molecule has 0 heterocycles. The van der Waals surface area contributed by atoms with Gasteiger partial charge in [0.05, 0.1) is 19.8 Å². The first-order chi connectivity index (χ1) is 7.22. The summed E-state index contributed by atoms with van der Waals surface area (Å²) in [6.45, 7) is 0.725. The summed E-state index contributed by atoms with van der Waals surface area (Å²) in [5.74, 6) is -0.119. The Labute approximate surface area is 92.0 Å². The number of nitrogens with one attached hydrogen (secondary N) is 1. The minimum atomic E-state index is -1.05. The van der Waals surface area contributed by atoms with Crippen molar-refractivity contribution in [2.75, 3.05) is 31.3 Å². The summed E-state index contributed by atoms with van der Waals surface area (Å²) in [6.07, 6.45) is 0.377. The Morgan fingerprint density at radius 1 is 1.53 bits per heavy atom. The molecule has 6 nitrogen and oxygen atoms in total. The first-order valence-electron chi connectivity index (χ1n) is 4.41. The Balaban J connectivity index is 3.45. The SMILES string of the molecule is O=CNC(CSCCOCCO)C(=O)O. The number of hydrogen-bond donors (Lipinski definition) is 3. The van der Waals surface area contributed by atoms with Gasteiger partial charge < -0.3 is 20.3 Å². The lowest BCUT2D eigenvalue weighted by Gasteiger charge is -2.10. The van der Waals surface area contributed by atoms with E-state index in [-0.39, 0.29) is 13.2 Å². The van der Waals surface area contributed by atoms with Crippen LogP contribution in [0, 0.1) is 0 Å². The molecule has 0 saturated carbocycles. The summed E-state index contributed by atoms with van der Waals surface area (Å²) in [5, 5.41) is 19.2. The number of aliphatic carboxylic acids is 1. The summed E-state index contributed by atoms with van der Waals surface area (Å²) < 4.78 is 4.98. The molecule has 1 amide bonds. The van der Waals surface area contributed by atoms with Crippen molar-refractivity contribution >= 4 is 24.1 Å². The minimum absolute atomic E-state index is 0.0187. The predicted octanol–water partition coefficient (Wildman–Crippen LogP) is -1.07. The minimum Gasteiger partial charge on any atom is -0.480 e. The predicted molar refractivity (Wildman–Crippen MR) is 55.9 cm³/mol. The van der Waals surface area contributed by atoms with Gasteiger partial charge in [-0.1, -0.05) is 0 Å². The normalized spacial score (nSPS) is 12.1. The van der Waals surface area contributed by atoms with Crippen LogP contribution in [0.5, 0.6) is 0 Å². The van der Waals surface area contributed by atoms with Crippen LogP contribution in [0.25, 0.3) is 0 Å². The Morgan fingerprint density at radius 3 is 2.80 bits per heavy atom. The average Bonchev–Trinajstić information content (AvgIpc) is 2.21. The highest BCUT2D eigenvalue weighted by Crippen LogP contribution is 2.02. The summed E-state index contributed by atoms with van der Waals surface area (Å²) in [7, 11) is 0. The van der Waals surface area contributed by atoms with E-state index in [0.717, 1.165) is 0 Å². The molecule has 0 aliphatic carbocycles. The van der Waals surface area contributed by atoms with Crippen molar-refractivity contribution in [2.45, 2.75) is 6.04 Å². The van der Waals surface area contributed by atoms with Crippen molar-refractivity contribution in [3.05, 3.63) is 0 Å². The molecule has 0 aromatic carbocycles. The molecule has 0 spiro atoms. The van der Waals surface area contributed by atoms with E-state index in [2.05, 4.69) is 5.32 Å². The van der Waals surface area contributed by atoms with Crippen LogP contribution in [0.2, 0.25) is 0 Å². The second-order valence-corrected chi connectivity index (χ2v) is 3.74. The van der Waals surface area contributed by atoms with E-state index in [0.29, 0.717) is 24.5 Å². The van der Waals surface area contributed by atoms with Crippen molar-refractivity contribution in [1.29, 1.82) is 0 Å². The van der Waals surface area contributed by atoms with E-state index in [1.54, 1.807) is 0 Å². The van der Waals surface area contributed by atoms with Gasteiger partial charge in [0.2, 0.25) is 6.41 Å². The van der Waals surface area contributed by atoms with Crippen LogP contribution in [0.3, 0.4) is 0 Å². The lowest BCUT2D eigenvalue weighted by Crippen LogP contribution is -2.38. The number of rotatable bonds is 10. The van der Waals surface area contributed by atoms with Gasteiger partial charge >= 0.3 is 5.97 Å². The van der Waals surface area contributed by atoms with Crippen molar-refractivity contribution < 1.29 is 24.5 Å². The number of carboxylic acid groups (broad SMARTS) is 1. The molecule has 7 heteroatoms. The van der Waals surface area contributed by atoms with Crippen molar-refractivity contribution in [3.8, 4) is 0 Å². The number of carbonyl (C=O) groups excluding carboxylic acids is 1. The van der Waals surface area contributed by atoms with Gasteiger partial charge in [0.25, 0.3) is 0 Å². The third-order valence-electron chi connectivity index (χ3n) is 1.46. The quantitative estimate of drug-likeness (QED) is 0.331. The van der Waals surface area contributed by atoms with Gasteiger partial charge in [-0.05, 0) is 0 Å². The Bertz CT molecular complexity index is 190. The van der Waals surface area contributed by atoms with Crippen molar-refractivity contribution in [1.82, 2.24) is 5.32 Å². The number of amides is 1. The van der Waals surface area contributed by atoms with E-state index in [1.807, 2.05) is 0 Å². The maximum absolute atomic E-state index is 10.6. The molecule has 0 aliphatic rings. The first-order valence-corrected chi connectivity index (χ1v) is 5.56. The number of hydrogen-bond acceptors (Lipinski definition) is 5. The number of aliphatic hydroxyl groups excluding tert-OH is 1. The van der Waals surface area contributed by atoms with Crippen LogP contribution >= 0.6 is 11.8 Å². The van der Waals surface area contributed by atoms with Crippen LogP contribution in [-0.2, 0) is 14.3 Å². The Hall–Kier alpha value is -0.790. The maximum atomic E-state index is 10.6. The number of carboxylic acids is 1.